The smallest absolute Gasteiger partial charge is 0.485 e. The predicted molar refractivity (Wildman–Crippen MR) is 93.7 cm³/mol. The van der Waals surface area contributed by atoms with Crippen molar-refractivity contribution in [2.24, 2.45) is 0 Å². The summed E-state index contributed by atoms with van der Waals surface area (Å²) in [4.78, 5) is 0. The zero-order chi connectivity index (χ0) is 22.6. The average Bonchev–Trinajstić information content (AvgIpc) is 2.21. The third-order valence-corrected chi connectivity index (χ3v) is 27.0. The van der Waals surface area contributed by atoms with Crippen molar-refractivity contribution in [2.45, 2.75) is 11.0 Å². The van der Waals surface area contributed by atoms with Crippen molar-refractivity contribution < 1.29 is 52.3 Å². The van der Waals surface area contributed by atoms with Gasteiger partial charge in [0, 0.05) is 6.66 Å². The van der Waals surface area contributed by atoms with Crippen molar-refractivity contribution in [1.82, 2.24) is 0 Å². The normalized spacial score (nSPS) is 14.2. The lowest BCUT2D eigenvalue weighted by Crippen LogP contribution is -2.21. The molecule has 0 aliphatic rings. The van der Waals surface area contributed by atoms with E-state index in [-0.39, 0.29) is 0 Å². The fourth-order valence-electron chi connectivity index (χ4n) is 0.805. The van der Waals surface area contributed by atoms with Crippen LogP contribution in [0.2, 0.25) is 0 Å². The van der Waals surface area contributed by atoms with E-state index in [0.29, 0.717) is 7.30 Å². The first-order valence-electron chi connectivity index (χ1n) is 6.07. The quantitative estimate of drug-likeness (QED) is 0.248. The SMILES string of the molecule is CP([P+](C)(C)C)[P+](C)(C)C.O=S(=O)([O-])C(F)(F)F.O=S(=O)([O-])C(F)(F)F. The highest BCUT2D eigenvalue weighted by Gasteiger charge is 2.44. The number of halogens is 6. The van der Waals surface area contributed by atoms with Gasteiger partial charge in [0.1, 0.15) is 0 Å². The van der Waals surface area contributed by atoms with Gasteiger partial charge in [0.05, 0.1) is 53.9 Å². The van der Waals surface area contributed by atoms with E-state index in [4.69, 9.17) is 25.9 Å². The molecule has 162 valence electrons. The topological polar surface area (TPSA) is 114 Å². The van der Waals surface area contributed by atoms with E-state index >= 15 is 0 Å². The van der Waals surface area contributed by atoms with Crippen molar-refractivity contribution in [2.75, 3.05) is 46.7 Å². The summed E-state index contributed by atoms with van der Waals surface area (Å²) in [7, 11) is -11.8. The molecule has 0 heterocycles. The molecule has 0 N–H and O–H groups in total. The average molecular weight is 496 g/mol. The highest BCUT2D eigenvalue weighted by Crippen LogP contribution is 2.95. The summed E-state index contributed by atoms with van der Waals surface area (Å²) in [6.07, 6.45) is 0. The van der Waals surface area contributed by atoms with Crippen molar-refractivity contribution in [1.29, 1.82) is 0 Å². The maximum atomic E-state index is 10.7. The van der Waals surface area contributed by atoms with Crippen LogP contribution in [0.25, 0.3) is 0 Å². The maximum absolute atomic E-state index is 10.7. The summed E-state index contributed by atoms with van der Waals surface area (Å²) in [5, 5.41) is 0. The van der Waals surface area contributed by atoms with Crippen LogP contribution in [-0.2, 0) is 20.2 Å². The van der Waals surface area contributed by atoms with Crippen LogP contribution < -0.4 is 0 Å². The van der Waals surface area contributed by atoms with Gasteiger partial charge in [-0.2, -0.15) is 26.3 Å². The monoisotopic (exact) mass is 496 g/mol. The Morgan fingerprint density at radius 1 is 0.654 bits per heavy atom. The van der Waals surface area contributed by atoms with Crippen LogP contribution in [0.5, 0.6) is 0 Å². The van der Waals surface area contributed by atoms with E-state index in [1.165, 1.54) is 0 Å². The fourth-order valence-corrected chi connectivity index (χ4v) is 21.7. The van der Waals surface area contributed by atoms with Crippen LogP contribution >= 0.6 is 21.2 Å². The first kappa shape index (κ1) is 31.4. The molecule has 0 aromatic rings. The molecule has 0 spiro atoms. The summed E-state index contributed by atoms with van der Waals surface area (Å²) in [6.45, 7) is 16.3. The van der Waals surface area contributed by atoms with Crippen molar-refractivity contribution in [3.05, 3.63) is 0 Å². The zero-order valence-corrected chi connectivity index (χ0v) is 19.2. The first-order valence-corrected chi connectivity index (χ1v) is 18.4. The van der Waals surface area contributed by atoms with Crippen LogP contribution in [0.1, 0.15) is 0 Å². The summed E-state index contributed by atoms with van der Waals surface area (Å²) in [6, 6.07) is 0. The Labute approximate surface area is 151 Å². The van der Waals surface area contributed by atoms with Gasteiger partial charge in [-0.3, -0.25) is 0 Å². The zero-order valence-electron chi connectivity index (χ0n) is 14.9. The molecule has 0 aromatic heterocycles. The number of rotatable bonds is 2. The second-order valence-electron chi connectivity index (χ2n) is 6.17. The number of hydrogen-bond donors (Lipinski definition) is 0. The Morgan fingerprint density at radius 3 is 0.769 bits per heavy atom. The molecule has 0 saturated carbocycles. The highest BCUT2D eigenvalue weighted by molar-refractivity contribution is 8.68. The Morgan fingerprint density at radius 2 is 0.769 bits per heavy atom. The molecule has 26 heavy (non-hydrogen) atoms. The molecular weight excluding hydrogens is 475 g/mol. The molecular formula is C9H21F6O6P3S2. The lowest BCUT2D eigenvalue weighted by Gasteiger charge is -2.24. The minimum Gasteiger partial charge on any atom is -0.741 e. The third-order valence-electron chi connectivity index (χ3n) is 2.30. The molecule has 0 unspecified atom stereocenters. The fraction of sp³-hybridized carbons (Fsp3) is 1.00. The second-order valence-corrected chi connectivity index (χ2v) is 29.4. The van der Waals surface area contributed by atoms with E-state index in [1.807, 2.05) is 0 Å². The van der Waals surface area contributed by atoms with E-state index in [9.17, 15) is 26.3 Å². The molecule has 0 aliphatic carbocycles. The Kier molecular flexibility index (Phi) is 12.0. The lowest BCUT2D eigenvalue weighted by molar-refractivity contribution is -0.0522. The van der Waals surface area contributed by atoms with Gasteiger partial charge in [0.2, 0.25) is 7.30 Å². The largest absolute Gasteiger partial charge is 0.741 e. The van der Waals surface area contributed by atoms with Gasteiger partial charge >= 0.3 is 11.0 Å². The van der Waals surface area contributed by atoms with Gasteiger partial charge in [0.25, 0.3) is 0 Å². The molecule has 0 bridgehead atoms. The Bertz CT molecular complexity index is 575. The lowest BCUT2D eigenvalue weighted by atomic mass is 11.6. The molecule has 0 fully saturated rings. The molecule has 0 aromatic carbocycles. The first-order chi connectivity index (χ1) is 10.7. The van der Waals surface area contributed by atoms with Crippen LogP contribution in [0.3, 0.4) is 0 Å². The van der Waals surface area contributed by atoms with Crippen molar-refractivity contribution in [3.8, 4) is 0 Å². The molecule has 17 heteroatoms. The Balaban J connectivity index is -0.000000308. The summed E-state index contributed by atoms with van der Waals surface area (Å²) < 4.78 is 118. The van der Waals surface area contributed by atoms with Gasteiger partial charge in [-0.1, -0.05) is 0 Å². The highest BCUT2D eigenvalue weighted by atomic mass is 32.5. The van der Waals surface area contributed by atoms with Gasteiger partial charge in [-0.05, 0) is 0 Å². The van der Waals surface area contributed by atoms with Crippen LogP contribution in [0, 0.1) is 0 Å². The van der Waals surface area contributed by atoms with E-state index in [0.717, 1.165) is 0 Å². The molecule has 0 saturated heterocycles. The predicted octanol–water partition coefficient (Wildman–Crippen LogP) is 3.84. The van der Waals surface area contributed by atoms with E-state index < -0.39 is 45.2 Å². The molecule has 0 rings (SSSR count). The molecule has 0 atom stereocenters. The molecule has 0 aliphatic heterocycles. The number of hydrogen-bond acceptors (Lipinski definition) is 6. The van der Waals surface area contributed by atoms with E-state index in [1.54, 1.807) is 0 Å². The van der Waals surface area contributed by atoms with Gasteiger partial charge in [0.15, 0.2) is 20.2 Å². The second kappa shape index (κ2) is 9.94. The molecule has 0 radical (unpaired) electrons. The standard InChI is InChI=1S/C7H21P3.2CHF3O3S/c1-8(9(2,3)4)10(5,6)7;2*2-1(3,4)8(5,6)7/h1-7H3;2*(H,5,6,7)/q+2;;/p-2. The van der Waals surface area contributed by atoms with Gasteiger partial charge in [-0.25, -0.2) is 16.8 Å². The minimum absolute atomic E-state index is 0.360. The van der Waals surface area contributed by atoms with Crippen molar-refractivity contribution >= 4 is 41.4 Å². The van der Waals surface area contributed by atoms with Crippen LogP contribution in [-0.4, -0.2) is 83.6 Å². The number of alkyl halides is 6. The van der Waals surface area contributed by atoms with Gasteiger partial charge in [-0.15, -0.1) is 0 Å². The van der Waals surface area contributed by atoms with Crippen LogP contribution in [0.4, 0.5) is 26.3 Å². The van der Waals surface area contributed by atoms with E-state index in [2.05, 4.69) is 46.7 Å². The van der Waals surface area contributed by atoms with Crippen molar-refractivity contribution in [3.63, 3.8) is 0 Å². The maximum Gasteiger partial charge on any atom is 0.485 e. The molecule has 0 amide bonds. The summed E-state index contributed by atoms with van der Waals surface area (Å²) >= 11 is 0. The van der Waals surface area contributed by atoms with Gasteiger partial charge < -0.3 is 9.11 Å². The Hall–Kier alpha value is 0.690. The summed E-state index contributed by atoms with van der Waals surface area (Å²) in [5.41, 5.74) is -11.3. The summed E-state index contributed by atoms with van der Waals surface area (Å²) in [5.74, 6) is 0. The third kappa shape index (κ3) is 14.7. The molecule has 6 nitrogen and oxygen atoms in total. The van der Waals surface area contributed by atoms with Crippen LogP contribution in [0.15, 0.2) is 0 Å². The minimum atomic E-state index is -6.09.